The summed E-state index contributed by atoms with van der Waals surface area (Å²) in [5.41, 5.74) is 0.349. The lowest BCUT2D eigenvalue weighted by molar-refractivity contribution is 0.0981. The predicted molar refractivity (Wildman–Crippen MR) is 72.2 cm³/mol. The van der Waals surface area contributed by atoms with Crippen LogP contribution in [-0.4, -0.2) is 14.3 Å². The van der Waals surface area contributed by atoms with Gasteiger partial charge in [0.25, 0.3) is 15.9 Å². The van der Waals surface area contributed by atoms with E-state index < -0.39 is 32.5 Å². The minimum Gasteiger partial charge on any atom is -0.268 e. The van der Waals surface area contributed by atoms with E-state index in [4.69, 9.17) is 0 Å². The van der Waals surface area contributed by atoms with Crippen molar-refractivity contribution in [1.29, 1.82) is 0 Å². The largest absolute Gasteiger partial charge is 0.268 e. The molecule has 0 fully saturated rings. The quantitative estimate of drug-likeness (QED) is 0.946. The third-order valence-electron chi connectivity index (χ3n) is 2.69. The molecule has 2 aromatic rings. The standard InChI is InChI=1S/C14H11F2NO3S/c1-9-5-6-12(16)13(7-9)21(19,20)17-14(18)10-3-2-4-11(15)8-10/h2-8H,1H3,(H,17,18). The van der Waals surface area contributed by atoms with E-state index in [9.17, 15) is 22.0 Å². The first-order valence-corrected chi connectivity index (χ1v) is 7.37. The molecular formula is C14H11F2NO3S. The highest BCUT2D eigenvalue weighted by Crippen LogP contribution is 2.16. The first kappa shape index (κ1) is 15.1. The second-order valence-electron chi connectivity index (χ2n) is 4.38. The van der Waals surface area contributed by atoms with Crippen LogP contribution in [0.1, 0.15) is 15.9 Å². The molecule has 0 unspecified atom stereocenters. The van der Waals surface area contributed by atoms with Crippen LogP contribution in [0.2, 0.25) is 0 Å². The van der Waals surface area contributed by atoms with Crippen molar-refractivity contribution in [2.75, 3.05) is 0 Å². The molecule has 0 heterocycles. The number of carbonyl (C=O) groups excluding carboxylic acids is 1. The molecule has 0 saturated carbocycles. The lowest BCUT2D eigenvalue weighted by Gasteiger charge is -2.08. The maximum absolute atomic E-state index is 13.6. The van der Waals surface area contributed by atoms with Gasteiger partial charge in [-0.25, -0.2) is 21.9 Å². The number of hydrogen-bond donors (Lipinski definition) is 1. The number of aryl methyl sites for hydroxylation is 1. The van der Waals surface area contributed by atoms with Crippen LogP contribution in [0.15, 0.2) is 47.4 Å². The van der Waals surface area contributed by atoms with Crippen LogP contribution in [-0.2, 0) is 10.0 Å². The van der Waals surface area contributed by atoms with Gasteiger partial charge in [0.2, 0.25) is 0 Å². The fourth-order valence-electron chi connectivity index (χ4n) is 1.68. The minimum atomic E-state index is -4.37. The van der Waals surface area contributed by atoms with Crippen molar-refractivity contribution in [1.82, 2.24) is 4.72 Å². The Morgan fingerprint density at radius 2 is 1.81 bits per heavy atom. The maximum atomic E-state index is 13.6. The summed E-state index contributed by atoms with van der Waals surface area (Å²) in [4.78, 5) is 11.2. The number of hydrogen-bond acceptors (Lipinski definition) is 3. The molecule has 0 radical (unpaired) electrons. The second kappa shape index (κ2) is 5.61. The van der Waals surface area contributed by atoms with E-state index in [1.165, 1.54) is 18.2 Å². The molecule has 4 nitrogen and oxygen atoms in total. The number of halogens is 2. The molecule has 7 heteroatoms. The Hall–Kier alpha value is -2.28. The molecule has 1 amide bonds. The third-order valence-corrected chi connectivity index (χ3v) is 4.04. The molecule has 0 aromatic heterocycles. The second-order valence-corrected chi connectivity index (χ2v) is 6.03. The van der Waals surface area contributed by atoms with Crippen molar-refractivity contribution in [3.63, 3.8) is 0 Å². The highest BCUT2D eigenvalue weighted by Gasteiger charge is 2.22. The number of sulfonamides is 1. The van der Waals surface area contributed by atoms with Crippen LogP contribution in [0.5, 0.6) is 0 Å². The van der Waals surface area contributed by atoms with Crippen LogP contribution in [0.4, 0.5) is 8.78 Å². The van der Waals surface area contributed by atoms with Gasteiger partial charge in [-0.15, -0.1) is 0 Å². The highest BCUT2D eigenvalue weighted by atomic mass is 32.2. The van der Waals surface area contributed by atoms with Crippen LogP contribution < -0.4 is 4.72 Å². The fourth-order valence-corrected chi connectivity index (χ4v) is 2.82. The van der Waals surface area contributed by atoms with Crippen molar-refractivity contribution < 1.29 is 22.0 Å². The van der Waals surface area contributed by atoms with Crippen LogP contribution in [0.3, 0.4) is 0 Å². The summed E-state index contributed by atoms with van der Waals surface area (Å²) in [5.74, 6) is -2.68. The van der Waals surface area contributed by atoms with Crippen molar-refractivity contribution >= 4 is 15.9 Å². The van der Waals surface area contributed by atoms with E-state index in [0.717, 1.165) is 24.3 Å². The molecular weight excluding hydrogens is 300 g/mol. The molecule has 21 heavy (non-hydrogen) atoms. The molecule has 2 rings (SSSR count). The molecule has 0 aliphatic heterocycles. The normalized spacial score (nSPS) is 11.2. The van der Waals surface area contributed by atoms with Crippen LogP contribution in [0.25, 0.3) is 0 Å². The van der Waals surface area contributed by atoms with Crippen molar-refractivity contribution in [2.45, 2.75) is 11.8 Å². The Morgan fingerprint density at radius 3 is 2.48 bits per heavy atom. The predicted octanol–water partition coefficient (Wildman–Crippen LogP) is 2.39. The zero-order valence-corrected chi connectivity index (χ0v) is 11.7. The van der Waals surface area contributed by atoms with Gasteiger partial charge in [0.05, 0.1) is 0 Å². The average Bonchev–Trinajstić information content (AvgIpc) is 2.41. The summed E-state index contributed by atoms with van der Waals surface area (Å²) in [6.45, 7) is 1.59. The summed E-state index contributed by atoms with van der Waals surface area (Å²) in [6, 6.07) is 8.03. The number of rotatable bonds is 3. The Labute approximate surface area is 120 Å². The van der Waals surface area contributed by atoms with Gasteiger partial charge in [-0.3, -0.25) is 4.79 Å². The molecule has 2 aromatic carbocycles. The smallest absolute Gasteiger partial charge is 0.267 e. The first-order valence-electron chi connectivity index (χ1n) is 5.88. The van der Waals surface area contributed by atoms with Gasteiger partial charge in [0, 0.05) is 5.56 Å². The molecule has 0 bridgehead atoms. The van der Waals surface area contributed by atoms with Gasteiger partial charge < -0.3 is 0 Å². The minimum absolute atomic E-state index is 0.174. The van der Waals surface area contributed by atoms with Crippen molar-refractivity contribution in [3.8, 4) is 0 Å². The zero-order chi connectivity index (χ0) is 15.6. The maximum Gasteiger partial charge on any atom is 0.267 e. The molecule has 1 N–H and O–H groups in total. The summed E-state index contributed by atoms with van der Waals surface area (Å²) >= 11 is 0. The van der Waals surface area contributed by atoms with E-state index in [-0.39, 0.29) is 5.56 Å². The average molecular weight is 311 g/mol. The number of benzene rings is 2. The fraction of sp³-hybridized carbons (Fsp3) is 0.0714. The van der Waals surface area contributed by atoms with E-state index in [1.54, 1.807) is 11.6 Å². The summed E-state index contributed by atoms with van der Waals surface area (Å²) in [5, 5.41) is 0. The molecule has 110 valence electrons. The Balaban J connectivity index is 2.33. The molecule has 0 atom stereocenters. The molecule has 0 aliphatic carbocycles. The molecule has 0 aliphatic rings. The third kappa shape index (κ3) is 3.43. The van der Waals surface area contributed by atoms with E-state index in [1.807, 2.05) is 0 Å². The summed E-state index contributed by atoms with van der Waals surface area (Å²) in [7, 11) is -4.37. The van der Waals surface area contributed by atoms with Gasteiger partial charge in [-0.05, 0) is 42.8 Å². The number of nitrogens with one attached hydrogen (secondary N) is 1. The number of amides is 1. The molecule has 0 spiro atoms. The van der Waals surface area contributed by atoms with Gasteiger partial charge in [0.1, 0.15) is 16.5 Å². The van der Waals surface area contributed by atoms with E-state index in [0.29, 0.717) is 5.56 Å². The van der Waals surface area contributed by atoms with Gasteiger partial charge in [0.15, 0.2) is 0 Å². The lowest BCUT2D eigenvalue weighted by Crippen LogP contribution is -2.31. The van der Waals surface area contributed by atoms with Crippen molar-refractivity contribution in [2.24, 2.45) is 0 Å². The lowest BCUT2D eigenvalue weighted by atomic mass is 10.2. The Kier molecular flexibility index (Phi) is 4.04. The topological polar surface area (TPSA) is 63.2 Å². The van der Waals surface area contributed by atoms with E-state index in [2.05, 4.69) is 0 Å². The summed E-state index contributed by atoms with van der Waals surface area (Å²) < 4.78 is 52.3. The van der Waals surface area contributed by atoms with Gasteiger partial charge in [-0.2, -0.15) is 0 Å². The number of carbonyl (C=O) groups is 1. The van der Waals surface area contributed by atoms with Crippen molar-refractivity contribution in [3.05, 3.63) is 65.2 Å². The Bertz CT molecular complexity index is 804. The van der Waals surface area contributed by atoms with Gasteiger partial charge in [-0.1, -0.05) is 12.1 Å². The highest BCUT2D eigenvalue weighted by molar-refractivity contribution is 7.90. The SMILES string of the molecule is Cc1ccc(F)c(S(=O)(=O)NC(=O)c2cccc(F)c2)c1. The summed E-state index contributed by atoms with van der Waals surface area (Å²) in [6.07, 6.45) is 0. The van der Waals surface area contributed by atoms with E-state index >= 15 is 0 Å². The van der Waals surface area contributed by atoms with Gasteiger partial charge >= 0.3 is 0 Å². The molecule has 0 saturated heterocycles. The van der Waals surface area contributed by atoms with Crippen LogP contribution in [0, 0.1) is 18.6 Å². The van der Waals surface area contributed by atoms with Crippen LogP contribution >= 0.6 is 0 Å². The first-order chi connectivity index (χ1) is 9.79. The monoisotopic (exact) mass is 311 g/mol. The Morgan fingerprint density at radius 1 is 1.10 bits per heavy atom. The zero-order valence-electron chi connectivity index (χ0n) is 10.9.